The Balaban J connectivity index is 2.06. The molecule has 136 valence electrons. The zero-order valence-electron chi connectivity index (χ0n) is 12.9. The minimum absolute atomic E-state index is 0.105. The van der Waals surface area contributed by atoms with Crippen LogP contribution in [0, 0.1) is 5.41 Å². The minimum atomic E-state index is -4.86. The van der Waals surface area contributed by atoms with Crippen LogP contribution in [-0.2, 0) is 31.7 Å². The van der Waals surface area contributed by atoms with Crippen molar-refractivity contribution in [2.75, 3.05) is 0 Å². The maximum Gasteiger partial charge on any atom is 0.416 e. The average molecular weight is 380 g/mol. The number of halogens is 6. The lowest BCUT2D eigenvalue weighted by molar-refractivity contribution is -0.143. The number of thiazole rings is 1. The minimum Gasteiger partial charge on any atom is -0.317 e. The van der Waals surface area contributed by atoms with E-state index in [1.54, 1.807) is 0 Å². The van der Waals surface area contributed by atoms with E-state index in [1.165, 1.54) is 15.9 Å². The van der Waals surface area contributed by atoms with Gasteiger partial charge in [0.2, 0.25) is 0 Å². The summed E-state index contributed by atoms with van der Waals surface area (Å²) >= 11 is 1.24. The third kappa shape index (κ3) is 3.75. The third-order valence-electron chi connectivity index (χ3n) is 4.17. The van der Waals surface area contributed by atoms with Crippen molar-refractivity contribution in [3.05, 3.63) is 50.3 Å². The van der Waals surface area contributed by atoms with Gasteiger partial charge in [0.15, 0.2) is 4.80 Å². The number of fused-ring (bicyclic) bond motifs is 1. The molecule has 0 unspecified atom stereocenters. The molecule has 1 aromatic carbocycles. The lowest BCUT2D eigenvalue weighted by Crippen LogP contribution is -2.19. The van der Waals surface area contributed by atoms with E-state index in [2.05, 4.69) is 0 Å². The topological polar surface area (TPSA) is 28.8 Å². The molecule has 1 aromatic heterocycles. The summed E-state index contributed by atoms with van der Waals surface area (Å²) in [5, 5.41) is 8.01. The fraction of sp³-hybridized carbons (Fsp3) is 0.438. The number of aromatic nitrogens is 1. The summed E-state index contributed by atoms with van der Waals surface area (Å²) in [7, 11) is 0. The first-order chi connectivity index (χ1) is 11.6. The van der Waals surface area contributed by atoms with Crippen molar-refractivity contribution in [3.63, 3.8) is 0 Å². The van der Waals surface area contributed by atoms with Gasteiger partial charge < -0.3 is 4.57 Å². The molecule has 2 nitrogen and oxygen atoms in total. The van der Waals surface area contributed by atoms with Gasteiger partial charge in [-0.25, -0.2) is 0 Å². The predicted octanol–water partition coefficient (Wildman–Crippen LogP) is 4.99. The highest BCUT2D eigenvalue weighted by Gasteiger charge is 2.37. The van der Waals surface area contributed by atoms with E-state index < -0.39 is 23.5 Å². The van der Waals surface area contributed by atoms with E-state index in [0.29, 0.717) is 6.42 Å². The second-order valence-corrected chi connectivity index (χ2v) is 7.07. The van der Waals surface area contributed by atoms with Crippen LogP contribution >= 0.6 is 11.3 Å². The number of nitrogens with one attached hydrogen (secondary N) is 1. The van der Waals surface area contributed by atoms with Gasteiger partial charge in [-0.15, -0.1) is 11.3 Å². The van der Waals surface area contributed by atoms with Crippen LogP contribution in [0.4, 0.5) is 26.3 Å². The Morgan fingerprint density at radius 3 is 2.04 bits per heavy atom. The molecule has 0 atom stereocenters. The second kappa shape index (κ2) is 6.19. The zero-order chi connectivity index (χ0) is 18.4. The van der Waals surface area contributed by atoms with Crippen LogP contribution in [-0.4, -0.2) is 4.57 Å². The van der Waals surface area contributed by atoms with Crippen LogP contribution in [0.2, 0.25) is 0 Å². The average Bonchev–Trinajstić information content (AvgIpc) is 2.81. The molecule has 0 fully saturated rings. The van der Waals surface area contributed by atoms with Crippen molar-refractivity contribution in [2.24, 2.45) is 0 Å². The first-order valence-corrected chi connectivity index (χ1v) is 8.41. The van der Waals surface area contributed by atoms with Crippen LogP contribution in [0.15, 0.2) is 18.2 Å². The second-order valence-electron chi connectivity index (χ2n) is 5.98. The summed E-state index contributed by atoms with van der Waals surface area (Å²) in [6.45, 7) is -0.169. The van der Waals surface area contributed by atoms with Crippen molar-refractivity contribution < 1.29 is 26.3 Å². The molecule has 9 heteroatoms. The SMILES string of the molecule is N=c1sc2c(n1Cc1cc(C(F)(F)F)cc(C(F)(F)F)c1)CCCC2. The Kier molecular flexibility index (Phi) is 4.47. The monoisotopic (exact) mass is 380 g/mol. The van der Waals surface area contributed by atoms with E-state index in [1.807, 2.05) is 0 Å². The number of hydrogen-bond acceptors (Lipinski definition) is 2. The van der Waals surface area contributed by atoms with Gasteiger partial charge in [-0.1, -0.05) is 0 Å². The van der Waals surface area contributed by atoms with Crippen LogP contribution in [0.3, 0.4) is 0 Å². The number of benzene rings is 1. The summed E-state index contributed by atoms with van der Waals surface area (Å²) in [5.74, 6) is 0. The molecule has 0 aliphatic heterocycles. The lowest BCUT2D eigenvalue weighted by Gasteiger charge is -2.17. The highest BCUT2D eigenvalue weighted by molar-refractivity contribution is 7.09. The van der Waals surface area contributed by atoms with Gasteiger partial charge in [-0.2, -0.15) is 26.3 Å². The number of alkyl halides is 6. The van der Waals surface area contributed by atoms with E-state index in [0.717, 1.165) is 42.0 Å². The van der Waals surface area contributed by atoms with E-state index in [4.69, 9.17) is 5.41 Å². The van der Waals surface area contributed by atoms with Gasteiger partial charge in [0.25, 0.3) is 0 Å². The summed E-state index contributed by atoms with van der Waals surface area (Å²) in [5.41, 5.74) is -1.90. The van der Waals surface area contributed by atoms with Gasteiger partial charge >= 0.3 is 12.4 Å². The molecule has 1 heterocycles. The number of rotatable bonds is 2. The van der Waals surface area contributed by atoms with Crippen LogP contribution < -0.4 is 4.80 Å². The Hall–Kier alpha value is -1.77. The van der Waals surface area contributed by atoms with E-state index in [9.17, 15) is 26.3 Å². The molecule has 3 rings (SSSR count). The summed E-state index contributed by atoms with van der Waals surface area (Å²) in [4.78, 5) is 1.15. The lowest BCUT2D eigenvalue weighted by atomic mass is 10.0. The van der Waals surface area contributed by atoms with Crippen molar-refractivity contribution in [2.45, 2.75) is 44.6 Å². The third-order valence-corrected chi connectivity index (χ3v) is 5.27. The van der Waals surface area contributed by atoms with Crippen LogP contribution in [0.25, 0.3) is 0 Å². The van der Waals surface area contributed by atoms with Crippen molar-refractivity contribution >= 4 is 11.3 Å². The normalized spacial score (nSPS) is 15.3. The van der Waals surface area contributed by atoms with Crippen molar-refractivity contribution in [1.29, 1.82) is 5.41 Å². The quantitative estimate of drug-likeness (QED) is 0.711. The fourth-order valence-electron chi connectivity index (χ4n) is 3.01. The molecule has 0 saturated carbocycles. The molecule has 2 aromatic rings. The first kappa shape index (κ1) is 18.0. The Bertz CT molecular complexity index is 812. The van der Waals surface area contributed by atoms with Crippen LogP contribution in [0.5, 0.6) is 0 Å². The Morgan fingerprint density at radius 1 is 0.920 bits per heavy atom. The molecule has 0 spiro atoms. The molecule has 0 amide bonds. The van der Waals surface area contributed by atoms with Gasteiger partial charge in [0, 0.05) is 10.6 Å². The molecule has 0 bridgehead atoms. The van der Waals surface area contributed by atoms with Gasteiger partial charge in [0.05, 0.1) is 17.7 Å². The smallest absolute Gasteiger partial charge is 0.317 e. The summed E-state index contributed by atoms with van der Waals surface area (Å²) in [6, 6.07) is 1.59. The van der Waals surface area contributed by atoms with E-state index in [-0.39, 0.29) is 23.0 Å². The standard InChI is InChI=1S/C16H14F6N2S/c17-15(18,19)10-5-9(6-11(7-10)16(20,21)22)8-24-12-3-1-2-4-13(12)25-14(24)23/h5-7,23H,1-4,8H2. The highest BCUT2D eigenvalue weighted by atomic mass is 32.1. The van der Waals surface area contributed by atoms with Gasteiger partial charge in [-0.3, -0.25) is 5.41 Å². The molecular weight excluding hydrogens is 366 g/mol. The molecule has 25 heavy (non-hydrogen) atoms. The molecule has 1 aliphatic rings. The number of aryl methyl sites for hydroxylation is 1. The number of nitrogens with zero attached hydrogens (tertiary/aromatic N) is 1. The van der Waals surface area contributed by atoms with Crippen molar-refractivity contribution in [3.8, 4) is 0 Å². The predicted molar refractivity (Wildman–Crippen MR) is 80.4 cm³/mol. The molecular formula is C16H14F6N2S. The fourth-order valence-corrected chi connectivity index (χ4v) is 4.11. The van der Waals surface area contributed by atoms with Gasteiger partial charge in [0.1, 0.15) is 0 Å². The zero-order valence-corrected chi connectivity index (χ0v) is 13.7. The van der Waals surface area contributed by atoms with Crippen molar-refractivity contribution in [1.82, 2.24) is 4.57 Å². The molecule has 1 N–H and O–H groups in total. The maximum atomic E-state index is 13.0. The Labute approximate surface area is 143 Å². The van der Waals surface area contributed by atoms with E-state index >= 15 is 0 Å². The Morgan fingerprint density at radius 2 is 1.48 bits per heavy atom. The van der Waals surface area contributed by atoms with Crippen LogP contribution in [0.1, 0.15) is 40.1 Å². The molecule has 0 saturated heterocycles. The first-order valence-electron chi connectivity index (χ1n) is 7.60. The van der Waals surface area contributed by atoms with Gasteiger partial charge in [-0.05, 0) is 49.4 Å². The summed E-state index contributed by atoms with van der Waals surface area (Å²) in [6.07, 6.45) is -6.35. The molecule has 0 radical (unpaired) electrons. The summed E-state index contributed by atoms with van der Waals surface area (Å²) < 4.78 is 79.3. The molecule has 1 aliphatic carbocycles. The number of hydrogen-bond donors (Lipinski definition) is 1. The maximum absolute atomic E-state index is 13.0. The largest absolute Gasteiger partial charge is 0.416 e. The highest BCUT2D eigenvalue weighted by Crippen LogP contribution is 2.36.